The molecular formula is C9H20N2O5. The lowest BCUT2D eigenvalue weighted by Gasteiger charge is -2.16. The quantitative estimate of drug-likeness (QED) is 0.198. The second-order valence-corrected chi connectivity index (χ2v) is 3.59. The molecule has 7 N–H and O–H groups in total. The van der Waals surface area contributed by atoms with Crippen LogP contribution in [-0.4, -0.2) is 57.9 Å². The molecule has 0 radical (unpaired) electrons. The number of nitrogens with one attached hydrogen (secondary N) is 1. The van der Waals surface area contributed by atoms with Gasteiger partial charge in [-0.05, 0) is 19.4 Å². The van der Waals surface area contributed by atoms with Gasteiger partial charge in [0.2, 0.25) is 0 Å². The molecule has 0 spiro atoms. The van der Waals surface area contributed by atoms with Crippen LogP contribution in [0, 0.1) is 0 Å². The van der Waals surface area contributed by atoms with Crippen molar-refractivity contribution in [2.75, 3.05) is 13.2 Å². The fraction of sp³-hybridized carbons (Fsp3) is 0.889. The van der Waals surface area contributed by atoms with E-state index in [4.69, 9.17) is 21.1 Å². The summed E-state index contributed by atoms with van der Waals surface area (Å²) in [4.78, 5) is 10.4. The first-order valence-electron chi connectivity index (χ1n) is 5.17. The molecule has 16 heavy (non-hydrogen) atoms. The molecule has 0 fully saturated rings. The summed E-state index contributed by atoms with van der Waals surface area (Å²) in [7, 11) is 0. The van der Waals surface area contributed by atoms with Gasteiger partial charge in [-0.3, -0.25) is 10.1 Å². The molecule has 0 aromatic carbocycles. The third-order valence-electron chi connectivity index (χ3n) is 2.16. The van der Waals surface area contributed by atoms with Crippen LogP contribution in [0.2, 0.25) is 0 Å². The minimum Gasteiger partial charge on any atom is -0.480 e. The highest BCUT2D eigenvalue weighted by atomic mass is 16.4. The Kier molecular flexibility index (Phi) is 8.04. The van der Waals surface area contributed by atoms with E-state index < -0.39 is 30.9 Å². The number of hydrogen-bond acceptors (Lipinski definition) is 6. The van der Waals surface area contributed by atoms with Crippen LogP contribution in [0.5, 0.6) is 0 Å². The zero-order valence-electron chi connectivity index (χ0n) is 9.04. The van der Waals surface area contributed by atoms with Crippen LogP contribution in [0.3, 0.4) is 0 Å². The molecule has 0 saturated carbocycles. The van der Waals surface area contributed by atoms with Crippen molar-refractivity contribution >= 4 is 5.97 Å². The molecule has 0 rings (SSSR count). The van der Waals surface area contributed by atoms with E-state index >= 15 is 0 Å². The highest BCUT2D eigenvalue weighted by Gasteiger charge is 2.14. The van der Waals surface area contributed by atoms with Gasteiger partial charge < -0.3 is 26.2 Å². The van der Waals surface area contributed by atoms with Gasteiger partial charge in [-0.1, -0.05) is 6.42 Å². The molecule has 3 atom stereocenters. The second-order valence-electron chi connectivity index (χ2n) is 3.59. The molecule has 7 heteroatoms. The zero-order chi connectivity index (χ0) is 12.6. The van der Waals surface area contributed by atoms with Crippen molar-refractivity contribution < 1.29 is 25.2 Å². The van der Waals surface area contributed by atoms with Crippen molar-refractivity contribution in [1.29, 1.82) is 0 Å². The van der Waals surface area contributed by atoms with E-state index in [0.717, 1.165) is 0 Å². The monoisotopic (exact) mass is 236 g/mol. The number of aliphatic hydroxyl groups is 3. The summed E-state index contributed by atoms with van der Waals surface area (Å²) in [6.45, 7) is -0.0946. The van der Waals surface area contributed by atoms with E-state index in [9.17, 15) is 9.90 Å². The number of nitrogens with two attached hydrogens (primary N) is 1. The normalized spacial score (nSPS) is 16.8. The Hall–Kier alpha value is -0.730. The maximum absolute atomic E-state index is 10.4. The summed E-state index contributed by atoms with van der Waals surface area (Å²) < 4.78 is 0. The third kappa shape index (κ3) is 6.70. The van der Waals surface area contributed by atoms with Crippen molar-refractivity contribution in [2.45, 2.75) is 37.6 Å². The van der Waals surface area contributed by atoms with Gasteiger partial charge in [0.05, 0.1) is 6.61 Å². The van der Waals surface area contributed by atoms with Gasteiger partial charge in [0.25, 0.3) is 0 Å². The molecule has 7 nitrogen and oxygen atoms in total. The van der Waals surface area contributed by atoms with Gasteiger partial charge in [-0.25, -0.2) is 0 Å². The smallest absolute Gasteiger partial charge is 0.320 e. The molecule has 0 amide bonds. The summed E-state index contributed by atoms with van der Waals surface area (Å²) in [6.07, 6.45) is -0.756. The Morgan fingerprint density at radius 2 is 1.94 bits per heavy atom. The maximum Gasteiger partial charge on any atom is 0.320 e. The molecule has 0 saturated heterocycles. The number of aliphatic hydroxyl groups excluding tert-OH is 3. The molecule has 0 aliphatic carbocycles. The summed E-state index contributed by atoms with van der Waals surface area (Å²) in [6, 6.07) is -0.854. The molecule has 0 heterocycles. The molecule has 96 valence electrons. The van der Waals surface area contributed by atoms with Crippen molar-refractivity contribution in [3.8, 4) is 0 Å². The predicted octanol–water partition coefficient (Wildman–Crippen LogP) is -2.17. The van der Waals surface area contributed by atoms with Gasteiger partial charge in [-0.15, -0.1) is 0 Å². The van der Waals surface area contributed by atoms with Crippen LogP contribution in [-0.2, 0) is 4.79 Å². The molecule has 0 aliphatic rings. The van der Waals surface area contributed by atoms with E-state index in [2.05, 4.69) is 5.32 Å². The first-order valence-corrected chi connectivity index (χ1v) is 5.17. The van der Waals surface area contributed by atoms with Gasteiger partial charge in [0, 0.05) is 0 Å². The minimum absolute atomic E-state index is 0.371. The largest absolute Gasteiger partial charge is 0.480 e. The summed E-state index contributed by atoms with van der Waals surface area (Å²) in [5.74, 6) is -1.02. The molecule has 0 aromatic rings. The van der Waals surface area contributed by atoms with Gasteiger partial charge in [0.15, 0.2) is 0 Å². The van der Waals surface area contributed by atoms with Crippen LogP contribution in [0.15, 0.2) is 0 Å². The Labute approximate surface area is 93.9 Å². The lowest BCUT2D eigenvalue weighted by Crippen LogP contribution is -2.42. The zero-order valence-corrected chi connectivity index (χ0v) is 9.04. The van der Waals surface area contributed by atoms with E-state index in [1.54, 1.807) is 0 Å². The number of rotatable bonds is 9. The molecule has 0 bridgehead atoms. The van der Waals surface area contributed by atoms with Crippen LogP contribution in [0.25, 0.3) is 0 Å². The molecule has 2 unspecified atom stereocenters. The minimum atomic E-state index is -1.21. The first kappa shape index (κ1) is 15.3. The Balaban J connectivity index is 3.43. The Bertz CT molecular complexity index is 202. The first-order chi connectivity index (χ1) is 7.49. The lowest BCUT2D eigenvalue weighted by atomic mass is 10.1. The highest BCUT2D eigenvalue weighted by Crippen LogP contribution is 1.99. The van der Waals surface area contributed by atoms with E-state index in [0.29, 0.717) is 25.8 Å². The second kappa shape index (κ2) is 8.43. The average molecular weight is 236 g/mol. The van der Waals surface area contributed by atoms with Crippen LogP contribution in [0.1, 0.15) is 19.3 Å². The fourth-order valence-corrected chi connectivity index (χ4v) is 1.10. The molecular weight excluding hydrogens is 216 g/mol. The number of aliphatic carboxylic acids is 1. The van der Waals surface area contributed by atoms with Crippen LogP contribution in [0.4, 0.5) is 0 Å². The van der Waals surface area contributed by atoms with Crippen LogP contribution >= 0.6 is 0 Å². The van der Waals surface area contributed by atoms with Crippen molar-refractivity contribution in [1.82, 2.24) is 5.32 Å². The van der Waals surface area contributed by atoms with E-state index in [1.807, 2.05) is 0 Å². The average Bonchev–Trinajstić information content (AvgIpc) is 2.26. The standard InChI is InChI=1S/C9H20N2O5/c10-6(9(15)16)3-1-2-4-11-8(14)7(13)5-12/h6-8,11-14H,1-5,10H2,(H,15,16)/t6-,7?,8?/m0/s1. The maximum atomic E-state index is 10.4. The van der Waals surface area contributed by atoms with Crippen LogP contribution < -0.4 is 11.1 Å². The number of carboxylic acid groups (broad SMARTS) is 1. The van der Waals surface area contributed by atoms with Gasteiger partial charge in [0.1, 0.15) is 18.4 Å². The van der Waals surface area contributed by atoms with Crippen molar-refractivity contribution in [2.24, 2.45) is 5.73 Å². The number of unbranched alkanes of at least 4 members (excludes halogenated alkanes) is 1. The summed E-state index contributed by atoms with van der Waals surface area (Å²) in [5.41, 5.74) is 5.29. The number of carbonyl (C=O) groups is 1. The number of carboxylic acids is 1. The van der Waals surface area contributed by atoms with Crippen molar-refractivity contribution in [3.63, 3.8) is 0 Å². The third-order valence-corrected chi connectivity index (χ3v) is 2.16. The van der Waals surface area contributed by atoms with Gasteiger partial charge in [-0.2, -0.15) is 0 Å². The predicted molar refractivity (Wildman–Crippen MR) is 56.6 cm³/mol. The highest BCUT2D eigenvalue weighted by molar-refractivity contribution is 5.72. The lowest BCUT2D eigenvalue weighted by molar-refractivity contribution is -0.138. The van der Waals surface area contributed by atoms with Crippen molar-refractivity contribution in [3.05, 3.63) is 0 Å². The molecule has 0 aliphatic heterocycles. The van der Waals surface area contributed by atoms with E-state index in [-0.39, 0.29) is 0 Å². The summed E-state index contributed by atoms with van der Waals surface area (Å²) in [5, 5.41) is 37.8. The topological polar surface area (TPSA) is 136 Å². The number of hydrogen-bond donors (Lipinski definition) is 6. The summed E-state index contributed by atoms with van der Waals surface area (Å²) >= 11 is 0. The Morgan fingerprint density at radius 1 is 1.31 bits per heavy atom. The Morgan fingerprint density at radius 3 is 2.44 bits per heavy atom. The SMILES string of the molecule is N[C@@H](CCCCNC(O)C(O)CO)C(=O)O. The molecule has 0 aromatic heterocycles. The van der Waals surface area contributed by atoms with Gasteiger partial charge >= 0.3 is 5.97 Å². The van der Waals surface area contributed by atoms with E-state index in [1.165, 1.54) is 0 Å². The fourth-order valence-electron chi connectivity index (χ4n) is 1.10.